The highest BCUT2D eigenvalue weighted by molar-refractivity contribution is 5.85. The van der Waals surface area contributed by atoms with E-state index in [2.05, 4.69) is 0 Å². The largest absolute Gasteiger partial charge is 0.465 e. The van der Waals surface area contributed by atoms with Crippen LogP contribution in [0.4, 0.5) is 0 Å². The highest BCUT2D eigenvalue weighted by Crippen LogP contribution is 2.44. The Morgan fingerprint density at radius 2 is 1.60 bits per heavy atom. The van der Waals surface area contributed by atoms with E-state index in [4.69, 9.17) is 9.47 Å². The summed E-state index contributed by atoms with van der Waals surface area (Å²) in [4.78, 5) is 12.4. The van der Waals surface area contributed by atoms with Gasteiger partial charge in [-0.15, -0.1) is 0 Å². The number of para-hydroxylation sites is 2. The summed E-state index contributed by atoms with van der Waals surface area (Å²) in [5.41, 5.74) is 1.74. The molecule has 0 atom stereocenters. The number of hydrogen-bond acceptors (Lipinski definition) is 3. The fraction of sp³-hybridized carbons (Fsp3) is 0.235. The quantitative estimate of drug-likeness (QED) is 0.792. The van der Waals surface area contributed by atoms with Gasteiger partial charge in [0.25, 0.3) is 0 Å². The molecule has 0 unspecified atom stereocenters. The number of carbonyl (C=O) groups is 1. The number of benzene rings is 2. The molecule has 0 aromatic heterocycles. The summed E-state index contributed by atoms with van der Waals surface area (Å²) in [6, 6.07) is 15.2. The third-order valence-electron chi connectivity index (χ3n) is 3.36. The summed E-state index contributed by atoms with van der Waals surface area (Å²) in [5, 5.41) is 0. The monoisotopic (exact) mass is 268 g/mol. The minimum Gasteiger partial charge on any atom is -0.465 e. The maximum atomic E-state index is 12.4. The first kappa shape index (κ1) is 12.7. The summed E-state index contributed by atoms with van der Waals surface area (Å²) in [6.45, 7) is 2.43. The Morgan fingerprint density at radius 3 is 2.15 bits per heavy atom. The number of ether oxygens (including phenoxy) is 2. The Morgan fingerprint density at radius 1 is 1.05 bits per heavy atom. The molecular formula is C17H16O3. The van der Waals surface area contributed by atoms with Gasteiger partial charge in [-0.05, 0) is 18.6 Å². The zero-order chi connectivity index (χ0) is 13.9. The lowest BCUT2D eigenvalue weighted by atomic mass is 9.88. The van der Waals surface area contributed by atoms with Gasteiger partial charge in [0, 0.05) is 11.1 Å². The van der Waals surface area contributed by atoms with Crippen molar-refractivity contribution in [1.29, 1.82) is 0 Å². The van der Waals surface area contributed by atoms with Crippen LogP contribution in [-0.4, -0.2) is 12.6 Å². The van der Waals surface area contributed by atoms with E-state index in [9.17, 15) is 4.79 Å². The van der Waals surface area contributed by atoms with Gasteiger partial charge in [-0.1, -0.05) is 43.3 Å². The highest BCUT2D eigenvalue weighted by atomic mass is 16.5. The molecule has 2 aromatic carbocycles. The van der Waals surface area contributed by atoms with Crippen LogP contribution >= 0.6 is 0 Å². The smallest absolute Gasteiger partial charge is 0.318 e. The third kappa shape index (κ3) is 2.16. The normalized spacial score (nSPS) is 13.1. The first-order valence-corrected chi connectivity index (χ1v) is 6.83. The van der Waals surface area contributed by atoms with Crippen LogP contribution in [0, 0.1) is 0 Å². The van der Waals surface area contributed by atoms with E-state index < -0.39 is 5.92 Å². The molecule has 3 nitrogen and oxygen atoms in total. The molecule has 3 heteroatoms. The Labute approximate surface area is 118 Å². The fourth-order valence-corrected chi connectivity index (χ4v) is 2.45. The summed E-state index contributed by atoms with van der Waals surface area (Å²) in [7, 11) is 0. The molecular weight excluding hydrogens is 252 g/mol. The van der Waals surface area contributed by atoms with Crippen LogP contribution in [-0.2, 0) is 9.53 Å². The van der Waals surface area contributed by atoms with E-state index in [0.29, 0.717) is 6.61 Å². The third-order valence-corrected chi connectivity index (χ3v) is 3.36. The van der Waals surface area contributed by atoms with Crippen LogP contribution in [0.5, 0.6) is 11.5 Å². The lowest BCUT2D eigenvalue weighted by Crippen LogP contribution is -2.21. The molecule has 0 saturated carbocycles. The van der Waals surface area contributed by atoms with Crippen LogP contribution in [0.3, 0.4) is 0 Å². The van der Waals surface area contributed by atoms with Crippen molar-refractivity contribution >= 4 is 5.97 Å². The second-order valence-electron chi connectivity index (χ2n) is 4.78. The molecule has 0 N–H and O–H groups in total. The van der Waals surface area contributed by atoms with Crippen molar-refractivity contribution in [2.24, 2.45) is 0 Å². The molecule has 0 spiro atoms. The van der Waals surface area contributed by atoms with Crippen molar-refractivity contribution in [3.8, 4) is 11.5 Å². The highest BCUT2D eigenvalue weighted by Gasteiger charge is 2.33. The second-order valence-corrected chi connectivity index (χ2v) is 4.78. The number of rotatable bonds is 3. The molecule has 2 aromatic rings. The summed E-state index contributed by atoms with van der Waals surface area (Å²) >= 11 is 0. The Bertz CT molecular complexity index is 588. The molecule has 3 rings (SSSR count). The van der Waals surface area contributed by atoms with Gasteiger partial charge in [-0.25, -0.2) is 0 Å². The van der Waals surface area contributed by atoms with Gasteiger partial charge in [0.1, 0.15) is 17.4 Å². The van der Waals surface area contributed by atoms with Crippen LogP contribution in [0.2, 0.25) is 0 Å². The maximum absolute atomic E-state index is 12.4. The Balaban J connectivity index is 2.05. The topological polar surface area (TPSA) is 35.5 Å². The SMILES string of the molecule is CCCOC(=O)C1c2ccccc2Oc2ccccc21. The number of hydrogen-bond donors (Lipinski definition) is 0. The van der Waals surface area contributed by atoms with Crippen molar-refractivity contribution in [3.05, 3.63) is 59.7 Å². The van der Waals surface area contributed by atoms with Gasteiger partial charge in [-0.2, -0.15) is 0 Å². The Kier molecular flexibility index (Phi) is 3.42. The van der Waals surface area contributed by atoms with Gasteiger partial charge in [-0.3, -0.25) is 4.79 Å². The number of esters is 1. The lowest BCUT2D eigenvalue weighted by molar-refractivity contribution is -0.144. The van der Waals surface area contributed by atoms with E-state index in [1.807, 2.05) is 55.5 Å². The van der Waals surface area contributed by atoms with Gasteiger partial charge in [0.15, 0.2) is 0 Å². The molecule has 1 heterocycles. The summed E-state index contributed by atoms with van der Waals surface area (Å²) in [6.07, 6.45) is 0.818. The minimum absolute atomic E-state index is 0.213. The van der Waals surface area contributed by atoms with E-state index in [1.165, 1.54) is 0 Å². The molecule has 0 fully saturated rings. The maximum Gasteiger partial charge on any atom is 0.318 e. The van der Waals surface area contributed by atoms with E-state index in [1.54, 1.807) is 0 Å². The molecule has 0 radical (unpaired) electrons. The van der Waals surface area contributed by atoms with Crippen molar-refractivity contribution in [2.75, 3.05) is 6.61 Å². The van der Waals surface area contributed by atoms with Crippen molar-refractivity contribution in [2.45, 2.75) is 19.3 Å². The van der Waals surface area contributed by atoms with Crippen LogP contribution < -0.4 is 4.74 Å². The minimum atomic E-state index is -0.400. The van der Waals surface area contributed by atoms with Gasteiger partial charge < -0.3 is 9.47 Å². The van der Waals surface area contributed by atoms with E-state index in [-0.39, 0.29) is 5.97 Å². The van der Waals surface area contributed by atoms with Crippen LogP contribution in [0.15, 0.2) is 48.5 Å². The van der Waals surface area contributed by atoms with Crippen molar-refractivity contribution in [3.63, 3.8) is 0 Å². The average molecular weight is 268 g/mol. The zero-order valence-electron chi connectivity index (χ0n) is 11.3. The fourth-order valence-electron chi connectivity index (χ4n) is 2.45. The lowest BCUT2D eigenvalue weighted by Gasteiger charge is -2.26. The second kappa shape index (κ2) is 5.37. The van der Waals surface area contributed by atoms with Crippen LogP contribution in [0.1, 0.15) is 30.4 Å². The molecule has 0 saturated heterocycles. The molecule has 0 amide bonds. The average Bonchev–Trinajstić information content (AvgIpc) is 2.50. The van der Waals surface area contributed by atoms with Crippen molar-refractivity contribution < 1.29 is 14.3 Å². The molecule has 20 heavy (non-hydrogen) atoms. The molecule has 0 bridgehead atoms. The van der Waals surface area contributed by atoms with E-state index >= 15 is 0 Å². The Hall–Kier alpha value is -2.29. The first-order valence-electron chi connectivity index (χ1n) is 6.83. The van der Waals surface area contributed by atoms with Gasteiger partial charge >= 0.3 is 5.97 Å². The predicted molar refractivity (Wildman–Crippen MR) is 76.1 cm³/mol. The summed E-state index contributed by atoms with van der Waals surface area (Å²) in [5.74, 6) is 0.840. The molecule has 1 aliphatic rings. The standard InChI is InChI=1S/C17H16O3/c1-2-11-19-17(18)16-12-7-3-5-9-14(12)20-15-10-6-4-8-13(15)16/h3-10,16H,2,11H2,1H3. The van der Waals surface area contributed by atoms with Crippen LogP contribution in [0.25, 0.3) is 0 Å². The number of carbonyl (C=O) groups excluding carboxylic acids is 1. The molecule has 0 aliphatic carbocycles. The van der Waals surface area contributed by atoms with E-state index in [0.717, 1.165) is 29.0 Å². The summed E-state index contributed by atoms with van der Waals surface area (Å²) < 4.78 is 11.2. The first-order chi connectivity index (χ1) is 9.81. The van der Waals surface area contributed by atoms with Gasteiger partial charge in [0.05, 0.1) is 6.61 Å². The van der Waals surface area contributed by atoms with Gasteiger partial charge in [0.2, 0.25) is 0 Å². The number of fused-ring (bicyclic) bond motifs is 2. The zero-order valence-corrected chi connectivity index (χ0v) is 11.3. The molecule has 1 aliphatic heterocycles. The van der Waals surface area contributed by atoms with Crippen molar-refractivity contribution in [1.82, 2.24) is 0 Å². The molecule has 102 valence electrons. The predicted octanol–water partition coefficient (Wildman–Crippen LogP) is 3.88.